The fraction of sp³-hybridized carbons (Fsp3) is 0.500. The fourth-order valence-electron chi connectivity index (χ4n) is 6.21. The van der Waals surface area contributed by atoms with Crippen molar-refractivity contribution >= 4 is 35.2 Å². The molecule has 2 atom stereocenters. The topological polar surface area (TPSA) is 55.2 Å². The summed E-state index contributed by atoms with van der Waals surface area (Å²) in [7, 11) is 0. The Bertz CT molecular complexity index is 1030. The smallest absolute Gasteiger partial charge is 0.293 e. The number of amidine groups is 2. The molecule has 2 heterocycles. The molecule has 0 amide bonds. The van der Waals surface area contributed by atoms with Gasteiger partial charge in [0.15, 0.2) is 0 Å². The lowest BCUT2D eigenvalue weighted by Gasteiger charge is -2.43. The average Bonchev–Trinajstić information content (AvgIpc) is 3.44. The lowest BCUT2D eigenvalue weighted by molar-refractivity contribution is 0.191. The summed E-state index contributed by atoms with van der Waals surface area (Å²) in [5.74, 6) is 0. The number of hydrogen-bond acceptors (Lipinski definition) is 5. The maximum Gasteiger partial charge on any atom is 0.293 e. The summed E-state index contributed by atoms with van der Waals surface area (Å²) >= 11 is 12.2. The van der Waals surface area contributed by atoms with E-state index in [1.807, 2.05) is 24.3 Å². The van der Waals surface area contributed by atoms with Crippen molar-refractivity contribution in [3.63, 3.8) is 0 Å². The molecule has 2 saturated carbocycles. The van der Waals surface area contributed by atoms with Crippen LogP contribution in [0, 0.1) is 0 Å². The highest BCUT2D eigenvalue weighted by Crippen LogP contribution is 2.49. The van der Waals surface area contributed by atoms with Crippen LogP contribution >= 0.6 is 23.2 Å². The standard InChI is InChI=1S/C28H31Cl2N3O2/c29-21-7-3-19(4-8-21)27(11-1-12-27)15-23-17-34-25(31-23)33-26-32-24(18-35-26)16-28(13-2-14-28)20-5-9-22(30)10-6-20/h3-10,23-24H,1-2,11-18H2,(H,31,32,33). The molecule has 0 saturated heterocycles. The highest BCUT2D eigenvalue weighted by atomic mass is 35.5. The number of nitrogens with one attached hydrogen (secondary N) is 1. The Morgan fingerprint density at radius 2 is 1.09 bits per heavy atom. The number of benzene rings is 2. The monoisotopic (exact) mass is 511 g/mol. The highest BCUT2D eigenvalue weighted by molar-refractivity contribution is 6.30. The largest absolute Gasteiger partial charge is 0.463 e. The van der Waals surface area contributed by atoms with Crippen LogP contribution in [-0.2, 0) is 20.3 Å². The van der Waals surface area contributed by atoms with E-state index in [1.54, 1.807) is 0 Å². The third-order valence-corrected chi connectivity index (χ3v) is 8.93. The lowest BCUT2D eigenvalue weighted by atomic mass is 9.61. The summed E-state index contributed by atoms with van der Waals surface area (Å²) in [5.41, 5.74) is 3.09. The number of halogens is 2. The molecule has 7 heteroatoms. The van der Waals surface area contributed by atoms with E-state index in [9.17, 15) is 0 Å². The van der Waals surface area contributed by atoms with Crippen LogP contribution < -0.4 is 5.32 Å². The molecule has 2 fully saturated rings. The fourth-order valence-corrected chi connectivity index (χ4v) is 6.46. The Kier molecular flexibility index (Phi) is 6.18. The summed E-state index contributed by atoms with van der Waals surface area (Å²) in [5, 5.41) is 4.76. The summed E-state index contributed by atoms with van der Waals surface area (Å²) in [6, 6.07) is 17.9. The third kappa shape index (κ3) is 4.65. The minimum absolute atomic E-state index is 0.134. The van der Waals surface area contributed by atoms with E-state index in [4.69, 9.17) is 42.7 Å². The molecular formula is C28H31Cl2N3O2. The molecule has 2 aliphatic heterocycles. The molecule has 5 nitrogen and oxygen atoms in total. The number of rotatable bonds is 6. The van der Waals surface area contributed by atoms with Crippen LogP contribution in [0.4, 0.5) is 0 Å². The predicted molar refractivity (Wildman–Crippen MR) is 141 cm³/mol. The van der Waals surface area contributed by atoms with E-state index in [1.165, 1.54) is 49.7 Å². The van der Waals surface area contributed by atoms with Crippen molar-refractivity contribution in [1.29, 1.82) is 0 Å². The Morgan fingerprint density at radius 3 is 1.43 bits per heavy atom. The first-order valence-corrected chi connectivity index (χ1v) is 13.5. The van der Waals surface area contributed by atoms with E-state index in [0.717, 1.165) is 22.9 Å². The zero-order valence-corrected chi connectivity index (χ0v) is 21.3. The number of aliphatic imine (C=N–C) groups is 2. The van der Waals surface area contributed by atoms with Gasteiger partial charge in [-0.05, 0) is 84.7 Å². The molecule has 6 rings (SSSR count). The Balaban J connectivity index is 1.08. The zero-order valence-electron chi connectivity index (χ0n) is 19.8. The zero-order chi connectivity index (χ0) is 23.9. The SMILES string of the molecule is Clc1ccc(C2(CC3COC(NC4=NC(CC5(c6ccc(Cl)cc6)CCC5)CO4)=N3)CCC2)cc1. The maximum absolute atomic E-state index is 6.11. The van der Waals surface area contributed by atoms with Crippen LogP contribution in [0.25, 0.3) is 0 Å². The normalized spacial score (nSPS) is 26.0. The Labute approximate surface area is 216 Å². The van der Waals surface area contributed by atoms with Crippen molar-refractivity contribution in [2.75, 3.05) is 13.2 Å². The predicted octanol–water partition coefficient (Wildman–Crippen LogP) is 6.42. The van der Waals surface area contributed by atoms with Crippen LogP contribution in [-0.4, -0.2) is 37.3 Å². The minimum atomic E-state index is 0.134. The second-order valence-corrected chi connectivity index (χ2v) is 11.5. The van der Waals surface area contributed by atoms with Crippen LogP contribution in [0.3, 0.4) is 0 Å². The molecule has 2 aromatic carbocycles. The summed E-state index contributed by atoms with van der Waals surface area (Å²) in [6.45, 7) is 1.18. The van der Waals surface area contributed by atoms with Crippen LogP contribution in [0.1, 0.15) is 62.5 Å². The van der Waals surface area contributed by atoms with Crippen molar-refractivity contribution < 1.29 is 9.47 Å². The van der Waals surface area contributed by atoms with E-state index in [2.05, 4.69) is 29.6 Å². The highest BCUT2D eigenvalue weighted by Gasteiger charge is 2.43. The molecule has 2 unspecified atom stereocenters. The number of hydrogen-bond donors (Lipinski definition) is 1. The van der Waals surface area contributed by atoms with Crippen LogP contribution in [0.2, 0.25) is 10.0 Å². The average molecular weight is 512 g/mol. The molecule has 0 bridgehead atoms. The second-order valence-electron chi connectivity index (χ2n) is 10.6. The quantitative estimate of drug-likeness (QED) is 0.486. The first-order valence-electron chi connectivity index (χ1n) is 12.7. The molecule has 2 aromatic rings. The van der Waals surface area contributed by atoms with Crippen molar-refractivity contribution in [3.05, 3.63) is 69.7 Å². The van der Waals surface area contributed by atoms with Crippen molar-refractivity contribution in [2.45, 2.75) is 74.3 Å². The van der Waals surface area contributed by atoms with E-state index in [-0.39, 0.29) is 22.9 Å². The van der Waals surface area contributed by atoms with Gasteiger partial charge in [-0.15, -0.1) is 0 Å². The van der Waals surface area contributed by atoms with Gasteiger partial charge in [-0.25, -0.2) is 9.98 Å². The van der Waals surface area contributed by atoms with Gasteiger partial charge >= 0.3 is 0 Å². The van der Waals surface area contributed by atoms with Gasteiger partial charge in [0.05, 0.1) is 12.1 Å². The van der Waals surface area contributed by atoms with Crippen LogP contribution in [0.15, 0.2) is 58.5 Å². The third-order valence-electron chi connectivity index (χ3n) is 8.43. The van der Waals surface area contributed by atoms with Crippen LogP contribution in [0.5, 0.6) is 0 Å². The summed E-state index contributed by atoms with van der Waals surface area (Å²) < 4.78 is 11.8. The maximum atomic E-state index is 6.11. The van der Waals surface area contributed by atoms with E-state index in [0.29, 0.717) is 25.3 Å². The molecular weight excluding hydrogens is 481 g/mol. The van der Waals surface area contributed by atoms with Gasteiger partial charge in [-0.2, -0.15) is 0 Å². The van der Waals surface area contributed by atoms with Gasteiger partial charge < -0.3 is 9.47 Å². The first kappa shape index (κ1) is 23.2. The molecule has 0 spiro atoms. The van der Waals surface area contributed by atoms with Crippen molar-refractivity contribution in [3.8, 4) is 0 Å². The first-order chi connectivity index (χ1) is 17.0. The number of ether oxygens (including phenoxy) is 2. The lowest BCUT2D eigenvalue weighted by Crippen LogP contribution is -2.37. The van der Waals surface area contributed by atoms with Gasteiger partial charge in [0.2, 0.25) is 0 Å². The molecule has 184 valence electrons. The van der Waals surface area contributed by atoms with Gasteiger partial charge in [-0.3, -0.25) is 5.32 Å². The molecule has 0 radical (unpaired) electrons. The van der Waals surface area contributed by atoms with Gasteiger partial charge in [0, 0.05) is 10.0 Å². The second kappa shape index (κ2) is 9.33. The molecule has 4 aliphatic rings. The van der Waals surface area contributed by atoms with Crippen molar-refractivity contribution in [2.24, 2.45) is 9.98 Å². The molecule has 2 aliphatic carbocycles. The van der Waals surface area contributed by atoms with Gasteiger partial charge in [-0.1, -0.05) is 60.3 Å². The molecule has 1 N–H and O–H groups in total. The van der Waals surface area contributed by atoms with Gasteiger partial charge in [0.1, 0.15) is 13.2 Å². The van der Waals surface area contributed by atoms with E-state index >= 15 is 0 Å². The summed E-state index contributed by atoms with van der Waals surface area (Å²) in [6.07, 6.45) is 9.25. The Hall–Kier alpha value is -2.24. The van der Waals surface area contributed by atoms with E-state index < -0.39 is 0 Å². The number of nitrogens with zero attached hydrogens (tertiary/aromatic N) is 2. The van der Waals surface area contributed by atoms with Crippen molar-refractivity contribution in [1.82, 2.24) is 5.32 Å². The minimum Gasteiger partial charge on any atom is -0.463 e. The van der Waals surface area contributed by atoms with Gasteiger partial charge in [0.25, 0.3) is 12.0 Å². The Morgan fingerprint density at radius 1 is 0.686 bits per heavy atom. The molecule has 35 heavy (non-hydrogen) atoms. The molecule has 0 aromatic heterocycles. The summed E-state index contributed by atoms with van der Waals surface area (Å²) in [4.78, 5) is 9.66.